The van der Waals surface area contributed by atoms with Gasteiger partial charge in [0.05, 0.1) is 5.75 Å². The van der Waals surface area contributed by atoms with Crippen LogP contribution in [-0.4, -0.2) is 21.8 Å². The molecule has 0 spiro atoms. The maximum atomic E-state index is 12.4. The summed E-state index contributed by atoms with van der Waals surface area (Å²) in [7, 11) is 0. The van der Waals surface area contributed by atoms with Crippen molar-refractivity contribution >= 4 is 28.3 Å². The molecule has 0 amide bonds. The zero-order valence-electron chi connectivity index (χ0n) is 11.5. The molecule has 0 aliphatic heterocycles. The second-order valence-corrected chi connectivity index (χ2v) is 6.69. The topological polar surface area (TPSA) is 30.0 Å². The number of rotatable bonds is 4. The number of fused-ring (bicyclic) bond motifs is 1. The highest BCUT2D eigenvalue weighted by Gasteiger charge is 2.17. The lowest BCUT2D eigenvalue weighted by Crippen LogP contribution is -2.12. The zero-order chi connectivity index (χ0) is 13.8. The number of carbonyl (C=O) groups is 1. The van der Waals surface area contributed by atoms with Crippen LogP contribution in [0, 0.1) is 0 Å². The van der Waals surface area contributed by atoms with E-state index in [1.54, 1.807) is 6.20 Å². The molecular formula is C17H19NOS. The molecule has 1 aromatic heterocycles. The van der Waals surface area contributed by atoms with E-state index >= 15 is 0 Å². The molecular weight excluding hydrogens is 266 g/mol. The summed E-state index contributed by atoms with van der Waals surface area (Å²) in [6.07, 6.45) is 10.1. The average molecular weight is 285 g/mol. The molecule has 20 heavy (non-hydrogen) atoms. The van der Waals surface area contributed by atoms with Crippen molar-refractivity contribution in [3.8, 4) is 0 Å². The smallest absolute Gasteiger partial charge is 0.174 e. The lowest BCUT2D eigenvalue weighted by Gasteiger charge is -2.20. The molecule has 3 rings (SSSR count). The van der Waals surface area contributed by atoms with E-state index in [2.05, 4.69) is 4.98 Å². The van der Waals surface area contributed by atoms with Crippen LogP contribution in [0.1, 0.15) is 42.5 Å². The third-order valence-electron chi connectivity index (χ3n) is 3.97. The van der Waals surface area contributed by atoms with Gasteiger partial charge in [-0.25, -0.2) is 0 Å². The van der Waals surface area contributed by atoms with Gasteiger partial charge < -0.3 is 0 Å². The Bertz CT molecular complexity index is 599. The summed E-state index contributed by atoms with van der Waals surface area (Å²) < 4.78 is 0. The summed E-state index contributed by atoms with van der Waals surface area (Å²) in [6.45, 7) is 0. The predicted octanol–water partition coefficient (Wildman–Crippen LogP) is 4.48. The molecule has 1 aliphatic carbocycles. The van der Waals surface area contributed by atoms with Gasteiger partial charge in [0.1, 0.15) is 0 Å². The van der Waals surface area contributed by atoms with Crippen molar-refractivity contribution in [2.24, 2.45) is 0 Å². The molecule has 104 valence electrons. The highest BCUT2D eigenvalue weighted by molar-refractivity contribution is 8.00. The molecule has 0 atom stereocenters. The van der Waals surface area contributed by atoms with Crippen LogP contribution in [-0.2, 0) is 0 Å². The van der Waals surface area contributed by atoms with E-state index in [1.165, 1.54) is 32.1 Å². The first-order valence-corrected chi connectivity index (χ1v) is 8.37. The Hall–Kier alpha value is -1.35. The van der Waals surface area contributed by atoms with Gasteiger partial charge in [-0.2, -0.15) is 11.8 Å². The quantitative estimate of drug-likeness (QED) is 0.776. The third kappa shape index (κ3) is 3.04. The Morgan fingerprint density at radius 2 is 1.95 bits per heavy atom. The fourth-order valence-electron chi connectivity index (χ4n) is 2.84. The summed E-state index contributed by atoms with van der Waals surface area (Å²) >= 11 is 1.83. The minimum Gasteiger partial charge on any atom is -0.293 e. The number of benzene rings is 1. The molecule has 1 fully saturated rings. The van der Waals surface area contributed by atoms with Gasteiger partial charge in [0.15, 0.2) is 5.78 Å². The summed E-state index contributed by atoms with van der Waals surface area (Å²) in [5.41, 5.74) is 0.770. The SMILES string of the molecule is O=C(CSC1CCCCC1)c1cncc2ccccc12. The number of pyridine rings is 1. The van der Waals surface area contributed by atoms with Gasteiger partial charge in [-0.15, -0.1) is 0 Å². The van der Waals surface area contributed by atoms with Crippen LogP contribution in [0.25, 0.3) is 10.8 Å². The van der Waals surface area contributed by atoms with E-state index in [-0.39, 0.29) is 5.78 Å². The van der Waals surface area contributed by atoms with Gasteiger partial charge in [-0.05, 0) is 18.2 Å². The van der Waals surface area contributed by atoms with Crippen LogP contribution in [0.4, 0.5) is 0 Å². The molecule has 0 radical (unpaired) electrons. The predicted molar refractivity (Wildman–Crippen MR) is 85.4 cm³/mol. The fraction of sp³-hybridized carbons (Fsp3) is 0.412. The molecule has 1 saturated carbocycles. The van der Waals surface area contributed by atoms with E-state index in [0.717, 1.165) is 16.3 Å². The number of nitrogens with zero attached hydrogens (tertiary/aromatic N) is 1. The standard InChI is InChI=1S/C17H19NOS/c19-17(12-20-14-7-2-1-3-8-14)16-11-18-10-13-6-4-5-9-15(13)16/h4-6,9-11,14H,1-3,7-8,12H2. The van der Waals surface area contributed by atoms with Gasteiger partial charge >= 0.3 is 0 Å². The summed E-state index contributed by atoms with van der Waals surface area (Å²) in [5, 5.41) is 2.74. The van der Waals surface area contributed by atoms with Crippen LogP contribution in [0.15, 0.2) is 36.7 Å². The molecule has 0 saturated heterocycles. The fourth-order valence-corrected chi connectivity index (χ4v) is 4.05. The minimum atomic E-state index is 0.213. The summed E-state index contributed by atoms with van der Waals surface area (Å²) in [6, 6.07) is 7.98. The molecule has 2 aromatic rings. The third-order valence-corrected chi connectivity index (χ3v) is 5.34. The average Bonchev–Trinajstić information content (AvgIpc) is 2.53. The van der Waals surface area contributed by atoms with Crippen LogP contribution in [0.5, 0.6) is 0 Å². The number of hydrogen-bond acceptors (Lipinski definition) is 3. The number of hydrogen-bond donors (Lipinski definition) is 0. The summed E-state index contributed by atoms with van der Waals surface area (Å²) in [4.78, 5) is 16.6. The normalized spacial score (nSPS) is 16.4. The number of carbonyl (C=O) groups excluding carboxylic acids is 1. The van der Waals surface area contributed by atoms with Crippen molar-refractivity contribution in [3.05, 3.63) is 42.2 Å². The Balaban J connectivity index is 1.72. The van der Waals surface area contributed by atoms with Gasteiger partial charge in [0.2, 0.25) is 0 Å². The summed E-state index contributed by atoms with van der Waals surface area (Å²) in [5.74, 6) is 0.797. The molecule has 1 heterocycles. The van der Waals surface area contributed by atoms with Crippen molar-refractivity contribution in [1.29, 1.82) is 0 Å². The Kier molecular flexibility index (Phi) is 4.36. The maximum Gasteiger partial charge on any atom is 0.174 e. The molecule has 2 nitrogen and oxygen atoms in total. The van der Waals surface area contributed by atoms with E-state index in [0.29, 0.717) is 11.0 Å². The van der Waals surface area contributed by atoms with Gasteiger partial charge in [-0.3, -0.25) is 9.78 Å². The van der Waals surface area contributed by atoms with Gasteiger partial charge in [0.25, 0.3) is 0 Å². The highest BCUT2D eigenvalue weighted by Crippen LogP contribution is 2.29. The molecule has 0 N–H and O–H groups in total. The Morgan fingerprint density at radius 1 is 1.15 bits per heavy atom. The Morgan fingerprint density at radius 3 is 2.80 bits per heavy atom. The molecule has 3 heteroatoms. The van der Waals surface area contributed by atoms with Crippen molar-refractivity contribution in [2.45, 2.75) is 37.4 Å². The van der Waals surface area contributed by atoms with E-state index in [9.17, 15) is 4.79 Å². The Labute approximate surface area is 124 Å². The number of Topliss-reactive ketones (excluding diaryl/α,β-unsaturated/α-hetero) is 1. The lowest BCUT2D eigenvalue weighted by atomic mass is 10.0. The van der Waals surface area contributed by atoms with Crippen molar-refractivity contribution in [2.75, 3.05) is 5.75 Å². The second kappa shape index (κ2) is 6.40. The zero-order valence-corrected chi connectivity index (χ0v) is 12.4. The van der Waals surface area contributed by atoms with Crippen LogP contribution in [0.3, 0.4) is 0 Å². The van der Waals surface area contributed by atoms with E-state index in [1.807, 2.05) is 42.2 Å². The number of aromatic nitrogens is 1. The maximum absolute atomic E-state index is 12.4. The number of thioether (sulfide) groups is 1. The molecule has 1 aliphatic rings. The van der Waals surface area contributed by atoms with Gasteiger partial charge in [0, 0.05) is 28.6 Å². The number of ketones is 1. The molecule has 1 aromatic carbocycles. The van der Waals surface area contributed by atoms with E-state index in [4.69, 9.17) is 0 Å². The van der Waals surface area contributed by atoms with Crippen LogP contribution < -0.4 is 0 Å². The van der Waals surface area contributed by atoms with Gasteiger partial charge in [-0.1, -0.05) is 43.5 Å². The first-order chi connectivity index (χ1) is 9.84. The van der Waals surface area contributed by atoms with Crippen LogP contribution in [0.2, 0.25) is 0 Å². The monoisotopic (exact) mass is 285 g/mol. The lowest BCUT2D eigenvalue weighted by molar-refractivity contribution is 0.102. The molecule has 0 bridgehead atoms. The van der Waals surface area contributed by atoms with Crippen molar-refractivity contribution in [3.63, 3.8) is 0 Å². The highest BCUT2D eigenvalue weighted by atomic mass is 32.2. The first-order valence-electron chi connectivity index (χ1n) is 7.32. The largest absolute Gasteiger partial charge is 0.293 e. The van der Waals surface area contributed by atoms with Crippen molar-refractivity contribution in [1.82, 2.24) is 4.98 Å². The van der Waals surface area contributed by atoms with E-state index < -0.39 is 0 Å². The molecule has 0 unspecified atom stereocenters. The van der Waals surface area contributed by atoms with Crippen LogP contribution >= 0.6 is 11.8 Å². The first kappa shape index (κ1) is 13.6. The minimum absolute atomic E-state index is 0.213. The van der Waals surface area contributed by atoms with Crippen molar-refractivity contribution < 1.29 is 4.79 Å². The second-order valence-electron chi connectivity index (χ2n) is 5.40.